The number of hydrogen-bond acceptors (Lipinski definition) is 6. The molecule has 2 aromatic heterocycles. The molecule has 4 rings (SSSR count). The SMILES string of the molecule is O=C(CSCc1nc2sc3c(c2c(=O)[nH]1)CCC3)NOCc1ccccc1. The molecule has 140 valence electrons. The van der Waals surface area contributed by atoms with Gasteiger partial charge in [0.15, 0.2) is 0 Å². The number of hydroxylamine groups is 1. The number of aryl methyl sites for hydroxylation is 2. The molecule has 2 heterocycles. The van der Waals surface area contributed by atoms with Crippen molar-refractivity contribution in [2.24, 2.45) is 0 Å². The number of aromatic nitrogens is 2. The number of hydrogen-bond donors (Lipinski definition) is 2. The van der Waals surface area contributed by atoms with Crippen LogP contribution in [0.1, 0.15) is 28.2 Å². The number of rotatable bonds is 7. The number of carbonyl (C=O) groups excluding carboxylic acids is 1. The van der Waals surface area contributed by atoms with Crippen LogP contribution in [0.4, 0.5) is 0 Å². The lowest BCUT2D eigenvalue weighted by atomic mass is 10.2. The average molecular weight is 402 g/mol. The number of nitrogens with one attached hydrogen (secondary N) is 2. The van der Waals surface area contributed by atoms with Crippen molar-refractivity contribution in [3.05, 3.63) is 62.5 Å². The third-order valence-electron chi connectivity index (χ3n) is 4.36. The van der Waals surface area contributed by atoms with Gasteiger partial charge in [-0.1, -0.05) is 30.3 Å². The van der Waals surface area contributed by atoms with E-state index in [1.807, 2.05) is 30.3 Å². The second kappa shape index (κ2) is 8.24. The Morgan fingerprint density at radius 1 is 1.30 bits per heavy atom. The summed E-state index contributed by atoms with van der Waals surface area (Å²) >= 11 is 3.01. The van der Waals surface area contributed by atoms with Gasteiger partial charge in [-0.05, 0) is 30.4 Å². The number of nitrogens with zero attached hydrogens (tertiary/aromatic N) is 1. The summed E-state index contributed by atoms with van der Waals surface area (Å²) < 4.78 is 0. The topological polar surface area (TPSA) is 84.1 Å². The van der Waals surface area contributed by atoms with Crippen LogP contribution < -0.4 is 11.0 Å². The van der Waals surface area contributed by atoms with Crippen molar-refractivity contribution in [3.63, 3.8) is 0 Å². The number of thiophene rings is 1. The molecule has 0 aliphatic heterocycles. The predicted octanol–water partition coefficient (Wildman–Crippen LogP) is 2.95. The molecule has 2 N–H and O–H groups in total. The maximum Gasteiger partial charge on any atom is 0.259 e. The number of fused-ring (bicyclic) bond motifs is 3. The minimum Gasteiger partial charge on any atom is -0.309 e. The fraction of sp³-hybridized carbons (Fsp3) is 0.316. The van der Waals surface area contributed by atoms with Gasteiger partial charge >= 0.3 is 0 Å². The third-order valence-corrected chi connectivity index (χ3v) is 6.49. The normalized spacial score (nSPS) is 13.0. The molecular weight excluding hydrogens is 382 g/mol. The van der Waals surface area contributed by atoms with Gasteiger partial charge in [0.1, 0.15) is 10.7 Å². The highest BCUT2D eigenvalue weighted by molar-refractivity contribution is 7.99. The van der Waals surface area contributed by atoms with Crippen LogP contribution in [-0.2, 0) is 34.8 Å². The smallest absolute Gasteiger partial charge is 0.259 e. The molecule has 1 aliphatic carbocycles. The van der Waals surface area contributed by atoms with Crippen LogP contribution in [0, 0.1) is 0 Å². The molecule has 0 radical (unpaired) electrons. The number of aromatic amines is 1. The number of thioether (sulfide) groups is 1. The van der Waals surface area contributed by atoms with E-state index >= 15 is 0 Å². The van der Waals surface area contributed by atoms with Crippen molar-refractivity contribution in [1.82, 2.24) is 15.4 Å². The molecule has 0 saturated heterocycles. The van der Waals surface area contributed by atoms with Crippen LogP contribution in [0.25, 0.3) is 10.2 Å². The van der Waals surface area contributed by atoms with Gasteiger partial charge in [-0.3, -0.25) is 14.4 Å². The lowest BCUT2D eigenvalue weighted by Crippen LogP contribution is -2.25. The maximum atomic E-state index is 12.4. The number of carbonyl (C=O) groups is 1. The van der Waals surface area contributed by atoms with Crippen LogP contribution in [0.15, 0.2) is 35.1 Å². The highest BCUT2D eigenvalue weighted by Crippen LogP contribution is 2.34. The van der Waals surface area contributed by atoms with E-state index in [1.54, 1.807) is 11.3 Å². The first kappa shape index (κ1) is 18.2. The molecule has 8 heteroatoms. The van der Waals surface area contributed by atoms with Crippen molar-refractivity contribution in [2.45, 2.75) is 31.6 Å². The highest BCUT2D eigenvalue weighted by Gasteiger charge is 2.21. The lowest BCUT2D eigenvalue weighted by molar-refractivity contribution is -0.131. The van der Waals surface area contributed by atoms with Gasteiger partial charge < -0.3 is 4.98 Å². The molecule has 0 spiro atoms. The van der Waals surface area contributed by atoms with Gasteiger partial charge in [-0.2, -0.15) is 0 Å². The summed E-state index contributed by atoms with van der Waals surface area (Å²) in [6.45, 7) is 0.325. The molecular formula is C19H19N3O3S2. The molecule has 0 saturated carbocycles. The summed E-state index contributed by atoms with van der Waals surface area (Å²) in [5, 5.41) is 0.758. The maximum absolute atomic E-state index is 12.4. The fourth-order valence-electron chi connectivity index (χ4n) is 3.16. The van der Waals surface area contributed by atoms with Crippen molar-refractivity contribution < 1.29 is 9.63 Å². The third kappa shape index (κ3) is 4.23. The number of benzene rings is 1. The molecule has 1 amide bonds. The number of H-pyrrole nitrogens is 1. The van der Waals surface area contributed by atoms with E-state index in [0.717, 1.165) is 35.0 Å². The summed E-state index contributed by atoms with van der Waals surface area (Å²) in [6.07, 6.45) is 3.13. The van der Waals surface area contributed by atoms with Gasteiger partial charge in [0.25, 0.3) is 11.5 Å². The summed E-state index contributed by atoms with van der Waals surface area (Å²) in [6, 6.07) is 9.63. The first-order valence-electron chi connectivity index (χ1n) is 8.76. The quantitative estimate of drug-likeness (QED) is 0.595. The molecule has 0 atom stereocenters. The van der Waals surface area contributed by atoms with E-state index in [1.165, 1.54) is 22.2 Å². The largest absolute Gasteiger partial charge is 0.309 e. The van der Waals surface area contributed by atoms with E-state index in [-0.39, 0.29) is 17.2 Å². The van der Waals surface area contributed by atoms with Crippen LogP contribution in [0.3, 0.4) is 0 Å². The van der Waals surface area contributed by atoms with Crippen molar-refractivity contribution in [2.75, 3.05) is 5.75 Å². The Bertz CT molecular complexity index is 1010. The number of amides is 1. The summed E-state index contributed by atoms with van der Waals surface area (Å²) in [5.41, 5.74) is 4.54. The van der Waals surface area contributed by atoms with Gasteiger partial charge in [0, 0.05) is 4.88 Å². The summed E-state index contributed by atoms with van der Waals surface area (Å²) in [7, 11) is 0. The highest BCUT2D eigenvalue weighted by atomic mass is 32.2. The Labute approximate surface area is 164 Å². The predicted molar refractivity (Wildman–Crippen MR) is 108 cm³/mol. The fourth-order valence-corrected chi connectivity index (χ4v) is 5.12. The molecule has 0 fully saturated rings. The summed E-state index contributed by atoms with van der Waals surface area (Å²) in [5.74, 6) is 1.10. The Balaban J connectivity index is 1.27. The molecule has 1 aromatic carbocycles. The second-order valence-corrected chi connectivity index (χ2v) is 8.41. The summed E-state index contributed by atoms with van der Waals surface area (Å²) in [4.78, 5) is 39.0. The Morgan fingerprint density at radius 3 is 3.00 bits per heavy atom. The molecule has 1 aliphatic rings. The lowest BCUT2D eigenvalue weighted by Gasteiger charge is -2.06. The van der Waals surface area contributed by atoms with Crippen LogP contribution >= 0.6 is 23.1 Å². The zero-order chi connectivity index (χ0) is 18.6. The standard InChI is InChI=1S/C19H19N3O3S2/c23-16(22-25-9-12-5-2-1-3-6-12)11-26-10-15-20-18(24)17-13-7-4-8-14(13)27-19(17)21-15/h1-3,5-6H,4,7-11H2,(H,22,23)(H,20,21,24). The van der Waals surface area contributed by atoms with E-state index in [4.69, 9.17) is 4.84 Å². The van der Waals surface area contributed by atoms with Gasteiger partial charge in [0.2, 0.25) is 0 Å². The van der Waals surface area contributed by atoms with Crippen LogP contribution in [0.5, 0.6) is 0 Å². The monoisotopic (exact) mass is 401 g/mol. The van der Waals surface area contributed by atoms with E-state index in [2.05, 4.69) is 15.4 Å². The molecule has 0 unspecified atom stereocenters. The Hall–Kier alpha value is -2.16. The Morgan fingerprint density at radius 2 is 2.15 bits per heavy atom. The van der Waals surface area contributed by atoms with Crippen molar-refractivity contribution in [3.8, 4) is 0 Å². The van der Waals surface area contributed by atoms with E-state index in [0.29, 0.717) is 18.2 Å². The minimum absolute atomic E-state index is 0.0642. The second-order valence-electron chi connectivity index (χ2n) is 6.34. The average Bonchev–Trinajstić information content (AvgIpc) is 3.23. The van der Waals surface area contributed by atoms with E-state index < -0.39 is 0 Å². The molecule has 0 bridgehead atoms. The van der Waals surface area contributed by atoms with Crippen LogP contribution in [-0.4, -0.2) is 21.6 Å². The van der Waals surface area contributed by atoms with Gasteiger partial charge in [-0.15, -0.1) is 23.1 Å². The van der Waals surface area contributed by atoms with Crippen molar-refractivity contribution in [1.29, 1.82) is 0 Å². The first-order valence-corrected chi connectivity index (χ1v) is 10.7. The van der Waals surface area contributed by atoms with Crippen molar-refractivity contribution >= 4 is 39.2 Å². The van der Waals surface area contributed by atoms with Gasteiger partial charge in [0.05, 0.1) is 23.5 Å². The zero-order valence-corrected chi connectivity index (χ0v) is 16.3. The zero-order valence-electron chi connectivity index (χ0n) is 14.6. The molecule has 6 nitrogen and oxygen atoms in total. The Kier molecular flexibility index (Phi) is 5.56. The van der Waals surface area contributed by atoms with Crippen LogP contribution in [0.2, 0.25) is 0 Å². The molecule has 3 aromatic rings. The first-order chi connectivity index (χ1) is 13.2. The van der Waals surface area contributed by atoms with Gasteiger partial charge in [-0.25, -0.2) is 10.5 Å². The van der Waals surface area contributed by atoms with E-state index in [9.17, 15) is 9.59 Å². The minimum atomic E-state index is -0.213. The molecule has 27 heavy (non-hydrogen) atoms.